The van der Waals surface area contributed by atoms with Gasteiger partial charge in [0.15, 0.2) is 6.10 Å². The number of aliphatic hydroxyl groups is 3. The number of carboxylic acid groups (broad SMARTS) is 1. The van der Waals surface area contributed by atoms with E-state index in [1.807, 2.05) is 0 Å². The van der Waals surface area contributed by atoms with Crippen LogP contribution in [0.2, 0.25) is 0 Å². The molecule has 1 aromatic carbocycles. The molecule has 1 aliphatic heterocycles. The lowest BCUT2D eigenvalue weighted by atomic mass is 9.97. The van der Waals surface area contributed by atoms with E-state index in [4.69, 9.17) is 14.6 Å². The van der Waals surface area contributed by atoms with Crippen LogP contribution < -0.4 is 0 Å². The van der Waals surface area contributed by atoms with Gasteiger partial charge in [0.05, 0.1) is 10.8 Å². The predicted molar refractivity (Wildman–Crippen MR) is 103 cm³/mol. The SMILES string of the molecule is CC(C(=O)O[C@@H]1O[C@H](C(=O)O)[C@@H](O)[C@H](O)[C@H]1O)c1ccc(C(=O)c2cccs2)cc1. The number of esters is 1. The van der Waals surface area contributed by atoms with Gasteiger partial charge in [-0.2, -0.15) is 0 Å². The highest BCUT2D eigenvalue weighted by molar-refractivity contribution is 7.12. The molecule has 160 valence electrons. The lowest BCUT2D eigenvalue weighted by Gasteiger charge is -2.38. The Morgan fingerprint density at radius 1 is 1.03 bits per heavy atom. The van der Waals surface area contributed by atoms with Crippen LogP contribution in [0.5, 0.6) is 0 Å². The molecule has 0 bridgehead atoms. The zero-order valence-corrected chi connectivity index (χ0v) is 16.6. The Morgan fingerprint density at radius 3 is 2.27 bits per heavy atom. The van der Waals surface area contributed by atoms with E-state index in [0.717, 1.165) is 0 Å². The first-order valence-electron chi connectivity index (χ1n) is 9.02. The average molecular weight is 436 g/mol. The first kappa shape index (κ1) is 22.1. The molecule has 1 unspecified atom stereocenters. The Bertz CT molecular complexity index is 909. The van der Waals surface area contributed by atoms with Gasteiger partial charge >= 0.3 is 11.9 Å². The number of rotatable bonds is 6. The molecule has 3 rings (SSSR count). The lowest BCUT2D eigenvalue weighted by Crippen LogP contribution is -2.60. The van der Waals surface area contributed by atoms with Crippen molar-refractivity contribution in [3.05, 3.63) is 57.8 Å². The quantitative estimate of drug-likeness (QED) is 0.375. The molecule has 1 aliphatic rings. The van der Waals surface area contributed by atoms with Gasteiger partial charge in [0.25, 0.3) is 0 Å². The second kappa shape index (κ2) is 9.02. The Hall–Kier alpha value is -2.63. The summed E-state index contributed by atoms with van der Waals surface area (Å²) in [6.07, 6.45) is -9.19. The number of hydrogen-bond donors (Lipinski definition) is 4. The maximum atomic E-state index is 12.5. The number of thiophene rings is 1. The number of ether oxygens (including phenoxy) is 2. The fourth-order valence-electron chi connectivity index (χ4n) is 2.98. The van der Waals surface area contributed by atoms with E-state index in [9.17, 15) is 29.7 Å². The summed E-state index contributed by atoms with van der Waals surface area (Å²) in [4.78, 5) is 36.5. The largest absolute Gasteiger partial charge is 0.479 e. The van der Waals surface area contributed by atoms with E-state index in [1.165, 1.54) is 18.3 Å². The minimum Gasteiger partial charge on any atom is -0.479 e. The Balaban J connectivity index is 1.68. The van der Waals surface area contributed by atoms with Gasteiger partial charge in [-0.1, -0.05) is 30.3 Å². The van der Waals surface area contributed by atoms with Crippen LogP contribution in [-0.4, -0.2) is 68.9 Å². The molecule has 1 aromatic heterocycles. The molecule has 0 aliphatic carbocycles. The highest BCUT2D eigenvalue weighted by Crippen LogP contribution is 2.26. The summed E-state index contributed by atoms with van der Waals surface area (Å²) < 4.78 is 9.99. The van der Waals surface area contributed by atoms with Crippen molar-refractivity contribution in [1.82, 2.24) is 0 Å². The van der Waals surface area contributed by atoms with Crippen LogP contribution in [0, 0.1) is 0 Å². The Morgan fingerprint density at radius 2 is 1.70 bits per heavy atom. The zero-order valence-electron chi connectivity index (χ0n) is 15.7. The van der Waals surface area contributed by atoms with Crippen molar-refractivity contribution in [2.45, 2.75) is 43.5 Å². The third-order valence-corrected chi connectivity index (χ3v) is 5.69. The van der Waals surface area contributed by atoms with Crippen molar-refractivity contribution in [2.75, 3.05) is 0 Å². The fourth-order valence-corrected chi connectivity index (χ4v) is 3.66. The number of benzene rings is 1. The highest BCUT2D eigenvalue weighted by atomic mass is 32.1. The monoisotopic (exact) mass is 436 g/mol. The highest BCUT2D eigenvalue weighted by Gasteiger charge is 2.48. The molecule has 9 nitrogen and oxygen atoms in total. The van der Waals surface area contributed by atoms with Crippen molar-refractivity contribution in [3.63, 3.8) is 0 Å². The van der Waals surface area contributed by atoms with E-state index in [1.54, 1.807) is 41.8 Å². The van der Waals surface area contributed by atoms with E-state index in [2.05, 4.69) is 0 Å². The summed E-state index contributed by atoms with van der Waals surface area (Å²) in [6, 6.07) is 9.82. The lowest BCUT2D eigenvalue weighted by molar-refractivity contribution is -0.286. The minimum atomic E-state index is -1.88. The molecule has 0 saturated carbocycles. The van der Waals surface area contributed by atoms with Crippen LogP contribution in [0.1, 0.15) is 33.6 Å². The van der Waals surface area contributed by atoms with Gasteiger partial charge in [0, 0.05) is 5.56 Å². The second-order valence-corrected chi connectivity index (χ2v) is 7.77. The maximum Gasteiger partial charge on any atom is 0.335 e. The van der Waals surface area contributed by atoms with E-state index in [-0.39, 0.29) is 5.78 Å². The second-order valence-electron chi connectivity index (χ2n) is 6.82. The van der Waals surface area contributed by atoms with Crippen molar-refractivity contribution < 1.29 is 44.3 Å². The maximum absolute atomic E-state index is 12.5. The molecule has 1 saturated heterocycles. The smallest absolute Gasteiger partial charge is 0.335 e. The third-order valence-electron chi connectivity index (χ3n) is 4.82. The number of hydrogen-bond acceptors (Lipinski definition) is 9. The Kier molecular flexibility index (Phi) is 6.64. The van der Waals surface area contributed by atoms with Crippen molar-refractivity contribution >= 4 is 29.1 Å². The van der Waals surface area contributed by atoms with Crippen LogP contribution in [0.15, 0.2) is 41.8 Å². The summed E-state index contributed by atoms with van der Waals surface area (Å²) in [5.41, 5.74) is 0.970. The normalized spacial score (nSPS) is 27.3. The van der Waals surface area contributed by atoms with Crippen molar-refractivity contribution in [1.29, 1.82) is 0 Å². The number of carboxylic acids is 1. The third kappa shape index (κ3) is 4.42. The van der Waals surface area contributed by atoms with Gasteiger partial charge in [-0.15, -0.1) is 11.3 Å². The van der Waals surface area contributed by atoms with Gasteiger partial charge in [0.1, 0.15) is 18.3 Å². The van der Waals surface area contributed by atoms with Crippen LogP contribution in [0.3, 0.4) is 0 Å². The van der Waals surface area contributed by atoms with Crippen LogP contribution in [-0.2, 0) is 19.1 Å². The van der Waals surface area contributed by atoms with Gasteiger partial charge in [0.2, 0.25) is 12.1 Å². The number of ketones is 1. The number of aliphatic hydroxyl groups excluding tert-OH is 3. The predicted octanol–water partition coefficient (Wildman–Crippen LogP) is 0.518. The molecule has 10 heteroatoms. The van der Waals surface area contributed by atoms with Crippen LogP contribution >= 0.6 is 11.3 Å². The Labute approximate surface area is 175 Å². The summed E-state index contributed by atoms with van der Waals surface area (Å²) in [6.45, 7) is 1.52. The number of carbonyl (C=O) groups is 3. The summed E-state index contributed by atoms with van der Waals surface area (Å²) in [5, 5.41) is 40.3. The molecular weight excluding hydrogens is 416 g/mol. The molecule has 4 N–H and O–H groups in total. The molecule has 0 amide bonds. The zero-order chi connectivity index (χ0) is 22.0. The molecule has 0 spiro atoms. The fraction of sp³-hybridized carbons (Fsp3) is 0.350. The molecule has 2 heterocycles. The van der Waals surface area contributed by atoms with Crippen molar-refractivity contribution in [3.8, 4) is 0 Å². The molecule has 0 radical (unpaired) electrons. The molecule has 1 fully saturated rings. The molecular formula is C20H20O9S. The summed E-state index contributed by atoms with van der Waals surface area (Å²) >= 11 is 1.32. The van der Waals surface area contributed by atoms with E-state index < -0.39 is 48.6 Å². The van der Waals surface area contributed by atoms with Gasteiger partial charge in [-0.05, 0) is 23.9 Å². The molecule has 30 heavy (non-hydrogen) atoms. The summed E-state index contributed by atoms with van der Waals surface area (Å²) in [5.74, 6) is -3.39. The first-order chi connectivity index (χ1) is 14.2. The minimum absolute atomic E-state index is 0.141. The average Bonchev–Trinajstić information content (AvgIpc) is 3.27. The van der Waals surface area contributed by atoms with Gasteiger partial charge in [-0.3, -0.25) is 9.59 Å². The standard InChI is InChI=1S/C20H20O9S/c1-9(10-4-6-11(7-5-10)13(21)12-3-2-8-30-12)19(27)29-20-16(24)14(22)15(23)17(28-20)18(25)26/h2-9,14-17,20,22-24H,1H3,(H,25,26)/t9?,14-,15-,16+,17-,20-/m0/s1. The molecule has 6 atom stereocenters. The van der Waals surface area contributed by atoms with Crippen molar-refractivity contribution in [2.24, 2.45) is 0 Å². The van der Waals surface area contributed by atoms with E-state index in [0.29, 0.717) is 16.0 Å². The van der Waals surface area contributed by atoms with E-state index >= 15 is 0 Å². The summed E-state index contributed by atoms with van der Waals surface area (Å²) in [7, 11) is 0. The van der Waals surface area contributed by atoms with Crippen LogP contribution in [0.25, 0.3) is 0 Å². The van der Waals surface area contributed by atoms with Gasteiger partial charge < -0.3 is 29.9 Å². The molecule has 2 aromatic rings. The number of aliphatic carboxylic acids is 1. The number of carbonyl (C=O) groups excluding carboxylic acids is 2. The van der Waals surface area contributed by atoms with Crippen LogP contribution in [0.4, 0.5) is 0 Å². The topological polar surface area (TPSA) is 151 Å². The van der Waals surface area contributed by atoms with Gasteiger partial charge in [-0.25, -0.2) is 4.79 Å². The first-order valence-corrected chi connectivity index (χ1v) is 9.89.